The van der Waals surface area contributed by atoms with Gasteiger partial charge < -0.3 is 4.42 Å². The number of aryl methyl sites for hydroxylation is 2. The third kappa shape index (κ3) is 3.74. The predicted octanol–water partition coefficient (Wildman–Crippen LogP) is 4.39. The molecule has 0 aliphatic heterocycles. The number of benzene rings is 1. The van der Waals surface area contributed by atoms with Crippen molar-refractivity contribution in [3.8, 4) is 11.3 Å². The molecule has 2 aromatic rings. The number of hydrogen-bond donors (Lipinski definition) is 0. The van der Waals surface area contributed by atoms with Gasteiger partial charge in [-0.15, -0.1) is 11.8 Å². The zero-order valence-corrected chi connectivity index (χ0v) is 12.3. The van der Waals surface area contributed by atoms with E-state index in [0.29, 0.717) is 5.75 Å². The van der Waals surface area contributed by atoms with Crippen LogP contribution in [0.2, 0.25) is 0 Å². The zero-order chi connectivity index (χ0) is 13.8. The lowest BCUT2D eigenvalue weighted by molar-refractivity contribution is -0.114. The molecular weight excluding hydrogens is 256 g/mol. The number of ketones is 1. The molecule has 0 saturated carbocycles. The summed E-state index contributed by atoms with van der Waals surface area (Å²) in [6, 6.07) is 10.4. The normalized spacial score (nSPS) is 10.7. The van der Waals surface area contributed by atoms with Crippen LogP contribution in [0.4, 0.5) is 0 Å². The van der Waals surface area contributed by atoms with Gasteiger partial charge in [-0.25, -0.2) is 0 Å². The van der Waals surface area contributed by atoms with Crippen molar-refractivity contribution in [1.29, 1.82) is 0 Å². The standard InChI is InChI=1S/C16H18O2S/c1-11-5-4-6-14(7-11)16-8-15(13(3)18-16)10-19-9-12(2)17/h4-8H,9-10H2,1-3H3. The maximum absolute atomic E-state index is 10.9. The van der Waals surface area contributed by atoms with Crippen LogP contribution in [0.1, 0.15) is 23.8 Å². The van der Waals surface area contributed by atoms with E-state index in [1.807, 2.05) is 13.0 Å². The predicted molar refractivity (Wildman–Crippen MR) is 80.5 cm³/mol. The van der Waals surface area contributed by atoms with Crippen molar-refractivity contribution in [3.63, 3.8) is 0 Å². The lowest BCUT2D eigenvalue weighted by Gasteiger charge is -1.97. The molecule has 0 fully saturated rings. The summed E-state index contributed by atoms with van der Waals surface area (Å²) in [6.45, 7) is 5.67. The Morgan fingerprint density at radius 3 is 2.74 bits per heavy atom. The quantitative estimate of drug-likeness (QED) is 0.810. The first kappa shape index (κ1) is 13.9. The van der Waals surface area contributed by atoms with Crippen molar-refractivity contribution >= 4 is 17.5 Å². The van der Waals surface area contributed by atoms with Crippen LogP contribution < -0.4 is 0 Å². The number of thioether (sulfide) groups is 1. The molecule has 0 unspecified atom stereocenters. The summed E-state index contributed by atoms with van der Waals surface area (Å²) in [5.41, 5.74) is 3.49. The molecule has 0 aliphatic carbocycles. The van der Waals surface area contributed by atoms with Crippen molar-refractivity contribution < 1.29 is 9.21 Å². The average molecular weight is 274 g/mol. The van der Waals surface area contributed by atoms with Gasteiger partial charge in [0.25, 0.3) is 0 Å². The first-order valence-corrected chi connectivity index (χ1v) is 7.45. The molecule has 2 rings (SSSR count). The molecule has 0 saturated heterocycles. The average Bonchev–Trinajstić information content (AvgIpc) is 2.71. The van der Waals surface area contributed by atoms with Crippen molar-refractivity contribution in [2.45, 2.75) is 26.5 Å². The lowest BCUT2D eigenvalue weighted by Crippen LogP contribution is -1.93. The number of carbonyl (C=O) groups is 1. The van der Waals surface area contributed by atoms with Gasteiger partial charge in [0.15, 0.2) is 0 Å². The van der Waals surface area contributed by atoms with Crippen LogP contribution in [0.3, 0.4) is 0 Å². The number of Topliss-reactive ketones (excluding diaryl/α,β-unsaturated/α-hetero) is 1. The smallest absolute Gasteiger partial charge is 0.139 e. The van der Waals surface area contributed by atoms with E-state index in [1.54, 1.807) is 18.7 Å². The highest BCUT2D eigenvalue weighted by atomic mass is 32.2. The fraction of sp³-hybridized carbons (Fsp3) is 0.312. The van der Waals surface area contributed by atoms with Crippen molar-refractivity contribution in [1.82, 2.24) is 0 Å². The van der Waals surface area contributed by atoms with E-state index in [0.717, 1.165) is 22.8 Å². The lowest BCUT2D eigenvalue weighted by atomic mass is 10.1. The summed E-state index contributed by atoms with van der Waals surface area (Å²) in [4.78, 5) is 10.9. The minimum absolute atomic E-state index is 0.213. The largest absolute Gasteiger partial charge is 0.461 e. The van der Waals surface area contributed by atoms with Gasteiger partial charge in [0.1, 0.15) is 17.3 Å². The van der Waals surface area contributed by atoms with E-state index in [9.17, 15) is 4.79 Å². The van der Waals surface area contributed by atoms with Gasteiger partial charge in [0, 0.05) is 16.9 Å². The van der Waals surface area contributed by atoms with E-state index >= 15 is 0 Å². The van der Waals surface area contributed by atoms with Crippen LogP contribution in [0, 0.1) is 13.8 Å². The summed E-state index contributed by atoms with van der Waals surface area (Å²) < 4.78 is 5.81. The van der Waals surface area contributed by atoms with Gasteiger partial charge in [-0.3, -0.25) is 4.79 Å². The van der Waals surface area contributed by atoms with Gasteiger partial charge in [-0.1, -0.05) is 23.8 Å². The molecule has 1 aromatic carbocycles. The van der Waals surface area contributed by atoms with Gasteiger partial charge in [0.2, 0.25) is 0 Å². The van der Waals surface area contributed by atoms with Crippen LogP contribution in [0.5, 0.6) is 0 Å². The molecule has 3 heteroatoms. The maximum Gasteiger partial charge on any atom is 0.139 e. The Kier molecular flexibility index (Phi) is 4.48. The Balaban J connectivity index is 2.14. The Morgan fingerprint density at radius 2 is 2.05 bits per heavy atom. The molecule has 19 heavy (non-hydrogen) atoms. The Labute approximate surface area is 118 Å². The van der Waals surface area contributed by atoms with Crippen molar-refractivity contribution in [3.05, 3.63) is 47.2 Å². The monoisotopic (exact) mass is 274 g/mol. The van der Waals surface area contributed by atoms with Gasteiger partial charge in [-0.2, -0.15) is 0 Å². The van der Waals surface area contributed by atoms with Crippen molar-refractivity contribution in [2.75, 3.05) is 5.75 Å². The number of hydrogen-bond acceptors (Lipinski definition) is 3. The van der Waals surface area contributed by atoms with Crippen LogP contribution in [-0.2, 0) is 10.5 Å². The summed E-state index contributed by atoms with van der Waals surface area (Å²) in [7, 11) is 0. The fourth-order valence-corrected chi connectivity index (χ4v) is 2.80. The van der Waals surface area contributed by atoms with E-state index in [-0.39, 0.29) is 5.78 Å². The Hall–Kier alpha value is -1.48. The molecule has 0 spiro atoms. The Bertz CT molecular complexity index is 584. The van der Waals surface area contributed by atoms with Crippen LogP contribution in [-0.4, -0.2) is 11.5 Å². The molecule has 0 aliphatic rings. The maximum atomic E-state index is 10.9. The summed E-state index contributed by atoms with van der Waals surface area (Å²) in [6.07, 6.45) is 0. The third-order valence-electron chi connectivity index (χ3n) is 2.89. The molecule has 0 radical (unpaired) electrons. The minimum atomic E-state index is 0.213. The second-order valence-corrected chi connectivity index (χ2v) is 5.74. The van der Waals surface area contributed by atoms with E-state index in [1.165, 1.54) is 11.1 Å². The van der Waals surface area contributed by atoms with E-state index < -0.39 is 0 Å². The molecular formula is C16H18O2S. The molecule has 1 aromatic heterocycles. The summed E-state index contributed by atoms with van der Waals surface area (Å²) >= 11 is 1.63. The molecule has 0 N–H and O–H groups in total. The van der Waals surface area contributed by atoms with Gasteiger partial charge >= 0.3 is 0 Å². The third-order valence-corrected chi connectivity index (χ3v) is 4.01. The minimum Gasteiger partial charge on any atom is -0.461 e. The topological polar surface area (TPSA) is 30.2 Å². The second kappa shape index (κ2) is 6.11. The first-order valence-electron chi connectivity index (χ1n) is 6.30. The molecule has 1 heterocycles. The number of carbonyl (C=O) groups excluding carboxylic acids is 1. The molecule has 0 bridgehead atoms. The van der Waals surface area contributed by atoms with Crippen LogP contribution in [0.15, 0.2) is 34.7 Å². The van der Waals surface area contributed by atoms with Gasteiger partial charge in [-0.05, 0) is 32.9 Å². The molecule has 2 nitrogen and oxygen atoms in total. The number of rotatable bonds is 5. The Morgan fingerprint density at radius 1 is 1.26 bits per heavy atom. The van der Waals surface area contributed by atoms with E-state index in [2.05, 4.69) is 31.2 Å². The zero-order valence-electron chi connectivity index (χ0n) is 11.5. The molecule has 0 amide bonds. The van der Waals surface area contributed by atoms with Crippen LogP contribution >= 0.6 is 11.8 Å². The van der Waals surface area contributed by atoms with Crippen molar-refractivity contribution in [2.24, 2.45) is 0 Å². The highest BCUT2D eigenvalue weighted by Crippen LogP contribution is 2.28. The molecule has 0 atom stereocenters. The summed E-state index contributed by atoms with van der Waals surface area (Å²) in [5.74, 6) is 3.43. The summed E-state index contributed by atoms with van der Waals surface area (Å²) in [5, 5.41) is 0. The SMILES string of the molecule is CC(=O)CSCc1cc(-c2cccc(C)c2)oc1C. The molecule has 100 valence electrons. The van der Waals surface area contributed by atoms with Crippen LogP contribution in [0.25, 0.3) is 11.3 Å². The highest BCUT2D eigenvalue weighted by Gasteiger charge is 2.09. The second-order valence-electron chi connectivity index (χ2n) is 4.76. The fourth-order valence-electron chi connectivity index (χ4n) is 1.91. The van der Waals surface area contributed by atoms with E-state index in [4.69, 9.17) is 4.42 Å². The number of furan rings is 1. The first-order chi connectivity index (χ1) is 9.06. The highest BCUT2D eigenvalue weighted by molar-refractivity contribution is 7.99. The van der Waals surface area contributed by atoms with Gasteiger partial charge in [0.05, 0.1) is 5.75 Å².